The average molecular weight is 906 g/mol. The van der Waals surface area contributed by atoms with Gasteiger partial charge in [-0.1, -0.05) is 0 Å². The second-order valence-corrected chi connectivity index (χ2v) is 15.6. The van der Waals surface area contributed by atoms with E-state index < -0.39 is 184 Å². The van der Waals surface area contributed by atoms with Gasteiger partial charge in [-0.05, 0) is 14.0 Å². The molecule has 1 saturated carbocycles. The van der Waals surface area contributed by atoms with Crippen molar-refractivity contribution in [3.05, 3.63) is 0 Å². The van der Waals surface area contributed by atoms with Crippen LogP contribution in [0, 0.1) is 5.41 Å². The molecule has 0 spiro atoms. The van der Waals surface area contributed by atoms with Crippen LogP contribution in [0.25, 0.3) is 0 Å². The molecule has 25 unspecified atom stereocenters. The summed E-state index contributed by atoms with van der Waals surface area (Å²) in [7, 11) is 1.32. The van der Waals surface area contributed by atoms with Crippen molar-refractivity contribution in [1.29, 1.82) is 5.41 Å². The zero-order valence-electron chi connectivity index (χ0n) is 33.2. The third kappa shape index (κ3) is 9.93. The maximum atomic E-state index is 12.5. The number of nitrogens with zero attached hydrogens (tertiary/aromatic N) is 1. The van der Waals surface area contributed by atoms with Crippen LogP contribution in [0.15, 0.2) is 4.99 Å². The second kappa shape index (κ2) is 20.7. The van der Waals surface area contributed by atoms with Gasteiger partial charge >= 0.3 is 0 Å². The fourth-order valence-corrected chi connectivity index (χ4v) is 8.00. The number of carbonyl (C=O) groups excluding carboxylic acids is 1. The Kier molecular flexibility index (Phi) is 16.8. The van der Waals surface area contributed by atoms with Crippen molar-refractivity contribution < 1.29 is 109 Å². The van der Waals surface area contributed by atoms with Crippen LogP contribution in [-0.4, -0.2) is 264 Å². The van der Waals surface area contributed by atoms with Crippen LogP contribution in [0.1, 0.15) is 6.92 Å². The lowest BCUT2D eigenvalue weighted by Gasteiger charge is -2.48. The lowest BCUT2D eigenvalue weighted by Crippen LogP contribution is -2.70. The molecule has 358 valence electrons. The van der Waals surface area contributed by atoms with Gasteiger partial charge in [-0.25, -0.2) is 4.99 Å². The minimum Gasteiger partial charge on any atom is -0.394 e. The highest BCUT2D eigenvalue weighted by molar-refractivity contribution is 5.76. The molecule has 5 fully saturated rings. The Balaban J connectivity index is 1.33. The van der Waals surface area contributed by atoms with Gasteiger partial charge in [0, 0.05) is 0 Å². The number of hydrogen-bond donors (Lipinski definition) is 19. The molecule has 0 aromatic rings. The fraction of sp³-hybridized carbons (Fsp3) is 0.909. The van der Waals surface area contributed by atoms with Crippen LogP contribution in [-0.2, 0) is 42.7 Å². The minimum atomic E-state index is -2.57. The Morgan fingerprint density at radius 2 is 1.24 bits per heavy atom. The Bertz CT molecular complexity index is 1530. The highest BCUT2D eigenvalue weighted by Gasteiger charge is 2.61. The summed E-state index contributed by atoms with van der Waals surface area (Å²) in [5.74, 6) is -1.29. The van der Waals surface area contributed by atoms with Crippen molar-refractivity contribution in [1.82, 2.24) is 10.6 Å². The van der Waals surface area contributed by atoms with Crippen LogP contribution in [0.5, 0.6) is 0 Å². The quantitative estimate of drug-likeness (QED) is 0.0412. The third-order valence-electron chi connectivity index (χ3n) is 11.6. The highest BCUT2D eigenvalue weighted by atomic mass is 16.8. The molecule has 62 heavy (non-hydrogen) atoms. The second-order valence-electron chi connectivity index (χ2n) is 15.6. The Labute approximate surface area is 351 Å². The van der Waals surface area contributed by atoms with Crippen molar-refractivity contribution in [2.45, 2.75) is 160 Å². The number of aldehydes is 1. The molecule has 0 bridgehead atoms. The summed E-state index contributed by atoms with van der Waals surface area (Å²) < 4.78 is 45.9. The number of ether oxygens (including phenoxy) is 8. The van der Waals surface area contributed by atoms with E-state index in [1.807, 2.05) is 0 Å². The van der Waals surface area contributed by atoms with Crippen molar-refractivity contribution in [2.75, 3.05) is 26.9 Å². The molecule has 5 aliphatic rings. The molecule has 0 amide bonds. The first-order valence-electron chi connectivity index (χ1n) is 19.4. The monoisotopic (exact) mass is 905 g/mol. The molecule has 4 heterocycles. The van der Waals surface area contributed by atoms with Gasteiger partial charge in [0.05, 0.1) is 38.0 Å². The molecule has 29 nitrogen and oxygen atoms in total. The normalized spacial score (nSPS) is 49.9. The summed E-state index contributed by atoms with van der Waals surface area (Å²) in [6.45, 7) is -1.16. The van der Waals surface area contributed by atoms with E-state index in [4.69, 9.17) is 60.5 Å². The molecule has 4 saturated heterocycles. The number of carbonyl (C=O) groups is 1. The van der Waals surface area contributed by atoms with Gasteiger partial charge in [-0.15, -0.1) is 0 Å². The fourth-order valence-electron chi connectivity index (χ4n) is 8.00. The zero-order chi connectivity index (χ0) is 46.1. The van der Waals surface area contributed by atoms with Gasteiger partial charge < -0.3 is 132 Å². The number of aliphatic hydroxyl groups is 13. The molecule has 29 heteroatoms. The van der Waals surface area contributed by atoms with Crippen LogP contribution < -0.4 is 27.8 Å². The molecule has 22 N–H and O–H groups in total. The number of aliphatic imine (C=N–C) groups is 1. The molecular formula is C33H59N7O22. The highest BCUT2D eigenvalue weighted by Crippen LogP contribution is 2.39. The van der Waals surface area contributed by atoms with Gasteiger partial charge in [-0.3, -0.25) is 10.2 Å². The van der Waals surface area contributed by atoms with Gasteiger partial charge in [0.1, 0.15) is 104 Å². The van der Waals surface area contributed by atoms with E-state index in [1.54, 1.807) is 0 Å². The molecule has 4 aliphatic heterocycles. The van der Waals surface area contributed by atoms with Crippen LogP contribution in [0.3, 0.4) is 0 Å². The van der Waals surface area contributed by atoms with Crippen molar-refractivity contribution in [3.8, 4) is 0 Å². The van der Waals surface area contributed by atoms with E-state index in [-0.39, 0.29) is 6.29 Å². The molecule has 0 radical (unpaired) electrons. The number of likely N-dealkylation sites (N-methyl/N-ethyl adjacent to an activating group) is 1. The van der Waals surface area contributed by atoms with Gasteiger partial charge in [0.25, 0.3) is 0 Å². The Morgan fingerprint density at radius 3 is 1.81 bits per heavy atom. The topological polar surface area (TPSA) is 492 Å². The molecular weight excluding hydrogens is 846 g/mol. The number of hydrogen-bond acceptors (Lipinski definition) is 25. The summed E-state index contributed by atoms with van der Waals surface area (Å²) in [5, 5.41) is 152. The number of aliphatic hydroxyl groups excluding tert-OH is 12. The molecule has 25 atom stereocenters. The van der Waals surface area contributed by atoms with E-state index in [9.17, 15) is 71.2 Å². The third-order valence-corrected chi connectivity index (χ3v) is 11.6. The van der Waals surface area contributed by atoms with Crippen molar-refractivity contribution in [2.24, 2.45) is 22.2 Å². The largest absolute Gasteiger partial charge is 0.394 e. The van der Waals surface area contributed by atoms with Crippen molar-refractivity contribution in [3.63, 3.8) is 0 Å². The Morgan fingerprint density at radius 1 is 0.677 bits per heavy atom. The summed E-state index contributed by atoms with van der Waals surface area (Å²) in [6, 6.07) is -4.51. The number of nitrogens with two attached hydrogens (primary N) is 3. The summed E-state index contributed by atoms with van der Waals surface area (Å²) in [5.41, 5.74) is 13.8. The van der Waals surface area contributed by atoms with E-state index in [1.165, 1.54) is 14.0 Å². The summed E-state index contributed by atoms with van der Waals surface area (Å²) >= 11 is 0. The smallest absolute Gasteiger partial charge is 0.188 e. The minimum absolute atomic E-state index is 0.0645. The first-order valence-corrected chi connectivity index (χ1v) is 19.4. The SMILES string of the molecule is CNC1C(OC2C(OC3C(O)C(O)C(N=C(N)N)C(O)C3NC(=N)N)OC(C)C2(O)C=O)OC(CO)C(OC2OC(COC3OC(CO)C(O)C(O)C3O)C(O)C(O)C2O)C1O. The number of rotatable bonds is 15. The standard InChI is InChI=1S/C33H59N7O22/c1-7-33(54,6-43)26(30(56-7)61-25-12(40-32(36)37)16(46)11(39-31(34)35)17(47)21(25)51)62-27-13(38-2)18(48)24(9(4-42)58-27)60-29-23(53)20(50)15(45)10(59-29)5-55-28-22(52)19(49)14(44)8(3-41)57-28/h6-30,38,41-42,44-54H,3-5H2,1-2H3,(H4,34,35,39)(H4,36,37,40). The zero-order valence-corrected chi connectivity index (χ0v) is 33.2. The van der Waals surface area contributed by atoms with Gasteiger partial charge in [0.15, 0.2) is 49.0 Å². The first kappa shape index (κ1) is 50.3. The van der Waals surface area contributed by atoms with Crippen LogP contribution in [0.2, 0.25) is 0 Å². The molecule has 5 rings (SSSR count). The van der Waals surface area contributed by atoms with Gasteiger partial charge in [0.2, 0.25) is 0 Å². The number of guanidine groups is 2. The summed E-state index contributed by atoms with van der Waals surface area (Å²) in [4.78, 5) is 16.2. The maximum absolute atomic E-state index is 12.5. The summed E-state index contributed by atoms with van der Waals surface area (Å²) in [6.07, 6.45) is -37.0. The average Bonchev–Trinajstić information content (AvgIpc) is 3.46. The van der Waals surface area contributed by atoms with Crippen molar-refractivity contribution >= 4 is 18.2 Å². The molecule has 1 aliphatic carbocycles. The predicted octanol–water partition coefficient (Wildman–Crippen LogP) is -12.3. The molecule has 0 aromatic heterocycles. The van der Waals surface area contributed by atoms with E-state index in [0.717, 1.165) is 0 Å². The number of nitrogens with one attached hydrogen (secondary N) is 3. The van der Waals surface area contributed by atoms with Crippen LogP contribution >= 0.6 is 0 Å². The van der Waals surface area contributed by atoms with E-state index in [0.29, 0.717) is 0 Å². The lowest BCUT2D eigenvalue weighted by molar-refractivity contribution is -0.363. The predicted molar refractivity (Wildman–Crippen MR) is 197 cm³/mol. The Hall–Kier alpha value is -2.67. The van der Waals surface area contributed by atoms with Crippen LogP contribution in [0.4, 0.5) is 0 Å². The van der Waals surface area contributed by atoms with E-state index in [2.05, 4.69) is 15.6 Å². The van der Waals surface area contributed by atoms with Gasteiger partial charge in [-0.2, -0.15) is 0 Å². The maximum Gasteiger partial charge on any atom is 0.188 e. The van der Waals surface area contributed by atoms with E-state index >= 15 is 0 Å². The molecule has 0 aromatic carbocycles. The lowest BCUT2D eigenvalue weighted by atomic mass is 9.81. The first-order chi connectivity index (χ1) is 29.1.